The van der Waals surface area contributed by atoms with Crippen molar-refractivity contribution in [3.05, 3.63) is 46.0 Å². The van der Waals surface area contributed by atoms with E-state index in [0.717, 1.165) is 5.56 Å². The molecule has 0 radical (unpaired) electrons. The van der Waals surface area contributed by atoms with E-state index >= 15 is 0 Å². The fraction of sp³-hybridized carbons (Fsp3) is 0.591. The molecular weight excluding hydrogens is 460 g/mol. The van der Waals surface area contributed by atoms with Crippen LogP contribution in [-0.2, 0) is 35.3 Å². The Morgan fingerprint density at radius 1 is 1.19 bits per heavy atom. The highest BCUT2D eigenvalue weighted by atomic mass is 35.5. The predicted octanol–water partition coefficient (Wildman–Crippen LogP) is 1.86. The van der Waals surface area contributed by atoms with E-state index < -0.39 is 44.3 Å². The topological polar surface area (TPSA) is 119 Å². The van der Waals surface area contributed by atoms with Gasteiger partial charge in [-0.15, -0.1) is 0 Å². The number of ether oxygens (including phenoxy) is 3. The molecule has 1 saturated heterocycles. The molecule has 1 aromatic rings. The van der Waals surface area contributed by atoms with Gasteiger partial charge in [-0.3, -0.25) is 0 Å². The van der Waals surface area contributed by atoms with E-state index in [1.54, 1.807) is 19.1 Å². The predicted molar refractivity (Wildman–Crippen MR) is 116 cm³/mol. The second-order valence-corrected chi connectivity index (χ2v) is 11.0. The van der Waals surface area contributed by atoms with Crippen molar-refractivity contribution in [2.75, 3.05) is 19.8 Å². The summed E-state index contributed by atoms with van der Waals surface area (Å²) in [6, 6.07) is 5.35. The van der Waals surface area contributed by atoms with Crippen molar-refractivity contribution in [3.8, 4) is 0 Å². The van der Waals surface area contributed by atoms with Crippen LogP contribution in [0.1, 0.15) is 42.6 Å². The average Bonchev–Trinajstić information content (AvgIpc) is 3.36. The summed E-state index contributed by atoms with van der Waals surface area (Å²) in [5.74, 6) is -2.15. The molecule has 3 aliphatic rings. The van der Waals surface area contributed by atoms with Crippen LogP contribution in [0.15, 0.2) is 29.8 Å². The van der Waals surface area contributed by atoms with Gasteiger partial charge in [0.1, 0.15) is 12.2 Å². The van der Waals surface area contributed by atoms with Gasteiger partial charge in [-0.25, -0.2) is 13.2 Å². The van der Waals surface area contributed by atoms with Gasteiger partial charge in [-0.05, 0) is 49.5 Å². The van der Waals surface area contributed by atoms with E-state index in [-0.39, 0.29) is 38.2 Å². The van der Waals surface area contributed by atoms with Crippen molar-refractivity contribution >= 4 is 27.4 Å². The summed E-state index contributed by atoms with van der Waals surface area (Å²) in [7, 11) is -3.86. The van der Waals surface area contributed by atoms with Gasteiger partial charge in [0, 0.05) is 11.4 Å². The number of halogens is 1. The normalized spacial score (nSPS) is 29.1. The van der Waals surface area contributed by atoms with Crippen LogP contribution in [0.3, 0.4) is 0 Å². The Labute approximate surface area is 192 Å². The maximum absolute atomic E-state index is 13.8. The molecule has 2 unspecified atom stereocenters. The van der Waals surface area contributed by atoms with Crippen LogP contribution in [0.5, 0.6) is 0 Å². The summed E-state index contributed by atoms with van der Waals surface area (Å²) in [6.45, 7) is 0.956. The Morgan fingerprint density at radius 3 is 2.50 bits per heavy atom. The number of rotatable bonds is 6. The maximum Gasteiger partial charge on any atom is 0.335 e. The average molecular weight is 487 g/mol. The zero-order valence-electron chi connectivity index (χ0n) is 17.7. The lowest BCUT2D eigenvalue weighted by Crippen LogP contribution is -2.42. The quantitative estimate of drug-likeness (QED) is 0.585. The lowest BCUT2D eigenvalue weighted by Gasteiger charge is -2.34. The van der Waals surface area contributed by atoms with Crippen LogP contribution >= 0.6 is 11.6 Å². The minimum atomic E-state index is -3.86. The van der Waals surface area contributed by atoms with Crippen LogP contribution in [0.2, 0.25) is 5.02 Å². The number of benzene rings is 1. The largest absolute Gasteiger partial charge is 0.463 e. The fourth-order valence-corrected chi connectivity index (χ4v) is 7.75. The number of fused-ring (bicyclic) bond motifs is 1. The molecule has 0 amide bonds. The molecule has 4 rings (SSSR count). The fourth-order valence-electron chi connectivity index (χ4n) is 4.94. The molecule has 4 atom stereocenters. The zero-order chi connectivity index (χ0) is 23.1. The lowest BCUT2D eigenvalue weighted by molar-refractivity contribution is -0.154. The molecule has 2 aliphatic carbocycles. The molecule has 1 heterocycles. The van der Waals surface area contributed by atoms with E-state index in [4.69, 9.17) is 25.8 Å². The second kappa shape index (κ2) is 9.04. The van der Waals surface area contributed by atoms with Crippen molar-refractivity contribution in [2.24, 2.45) is 0 Å². The molecule has 0 bridgehead atoms. The summed E-state index contributed by atoms with van der Waals surface area (Å²) in [5, 5.41) is 17.6. The second-order valence-electron chi connectivity index (χ2n) is 8.27. The number of sulfone groups is 1. The smallest absolute Gasteiger partial charge is 0.335 e. The van der Waals surface area contributed by atoms with Crippen molar-refractivity contribution in [1.82, 2.24) is 0 Å². The zero-order valence-corrected chi connectivity index (χ0v) is 19.3. The van der Waals surface area contributed by atoms with E-state index in [1.165, 1.54) is 6.08 Å². The van der Waals surface area contributed by atoms with Crippen molar-refractivity contribution in [2.45, 2.75) is 61.1 Å². The molecule has 1 aliphatic heterocycles. The summed E-state index contributed by atoms with van der Waals surface area (Å²) < 4.78 is 44.4. The third-order valence-corrected chi connectivity index (χ3v) is 9.28. The van der Waals surface area contributed by atoms with Crippen LogP contribution in [-0.4, -0.2) is 67.7 Å². The molecule has 176 valence electrons. The van der Waals surface area contributed by atoms with Gasteiger partial charge in [-0.2, -0.15) is 0 Å². The Morgan fingerprint density at radius 2 is 1.88 bits per heavy atom. The molecule has 32 heavy (non-hydrogen) atoms. The Kier molecular flexibility index (Phi) is 6.68. The summed E-state index contributed by atoms with van der Waals surface area (Å²) in [6.07, 6.45) is 0.996. The number of aliphatic hydroxyl groups is 2. The van der Waals surface area contributed by atoms with Gasteiger partial charge in [0.05, 0.1) is 35.9 Å². The van der Waals surface area contributed by atoms with Gasteiger partial charge < -0.3 is 24.4 Å². The first-order valence-corrected chi connectivity index (χ1v) is 12.7. The Balaban J connectivity index is 1.73. The molecule has 0 saturated carbocycles. The van der Waals surface area contributed by atoms with Gasteiger partial charge in [0.15, 0.2) is 15.6 Å². The number of hydrogen-bond donors (Lipinski definition) is 2. The van der Waals surface area contributed by atoms with E-state index in [9.17, 15) is 23.4 Å². The van der Waals surface area contributed by atoms with Gasteiger partial charge >= 0.3 is 5.97 Å². The molecule has 2 N–H and O–H groups in total. The SMILES string of the molecule is CCOC(=O)C1=CC2(CCC1S(=O)(=O)C1CCc3cccc(Cl)c31)O[C@@H](CO)[C@H](CO)O2. The minimum Gasteiger partial charge on any atom is -0.463 e. The van der Waals surface area contributed by atoms with Gasteiger partial charge in [0.2, 0.25) is 0 Å². The monoisotopic (exact) mass is 486 g/mol. The number of aryl methyl sites for hydroxylation is 1. The first-order valence-electron chi connectivity index (χ1n) is 10.7. The van der Waals surface area contributed by atoms with Gasteiger partial charge in [-0.1, -0.05) is 23.7 Å². The molecule has 10 heteroatoms. The molecular formula is C22H27ClO8S. The minimum absolute atomic E-state index is 0.0473. The van der Waals surface area contributed by atoms with Crippen molar-refractivity contribution in [3.63, 3.8) is 0 Å². The number of hydrogen-bond acceptors (Lipinski definition) is 8. The summed E-state index contributed by atoms with van der Waals surface area (Å²) in [5.41, 5.74) is 1.46. The Bertz CT molecular complexity index is 1010. The van der Waals surface area contributed by atoms with E-state index in [2.05, 4.69) is 0 Å². The molecule has 1 fully saturated rings. The third kappa shape index (κ3) is 3.99. The van der Waals surface area contributed by atoms with Crippen LogP contribution in [0.25, 0.3) is 0 Å². The number of aliphatic hydroxyl groups excluding tert-OH is 2. The highest BCUT2D eigenvalue weighted by molar-refractivity contribution is 7.92. The molecule has 1 aromatic carbocycles. The standard InChI is InChI=1S/C22H27ClO8S/c1-2-29-21(26)14-10-22(30-16(11-24)17(12-25)31-22)9-8-18(14)32(27,28)19-7-6-13-4-3-5-15(23)20(13)19/h3-5,10,16-19,24-25H,2,6-9,11-12H2,1H3/t16-,17-,18?,19?/m0/s1. The molecule has 0 aromatic heterocycles. The lowest BCUT2D eigenvalue weighted by atomic mass is 9.94. The van der Waals surface area contributed by atoms with E-state index in [1.807, 2.05) is 6.07 Å². The van der Waals surface area contributed by atoms with Crippen LogP contribution < -0.4 is 0 Å². The number of carbonyl (C=O) groups is 1. The molecule has 8 nitrogen and oxygen atoms in total. The first-order chi connectivity index (χ1) is 15.3. The third-order valence-electron chi connectivity index (χ3n) is 6.40. The highest BCUT2D eigenvalue weighted by Crippen LogP contribution is 2.47. The molecule has 1 spiro atoms. The number of esters is 1. The van der Waals surface area contributed by atoms with Crippen molar-refractivity contribution < 1.29 is 37.6 Å². The summed E-state index contributed by atoms with van der Waals surface area (Å²) in [4.78, 5) is 12.8. The van der Waals surface area contributed by atoms with Crippen LogP contribution in [0.4, 0.5) is 0 Å². The Hall–Kier alpha value is -1.49. The number of carbonyl (C=O) groups excluding carboxylic acids is 1. The first kappa shape index (κ1) is 23.7. The summed E-state index contributed by atoms with van der Waals surface area (Å²) >= 11 is 6.36. The van der Waals surface area contributed by atoms with Crippen LogP contribution in [0, 0.1) is 0 Å². The van der Waals surface area contributed by atoms with Crippen molar-refractivity contribution in [1.29, 1.82) is 0 Å². The van der Waals surface area contributed by atoms with Gasteiger partial charge in [0.25, 0.3) is 0 Å². The highest BCUT2D eigenvalue weighted by Gasteiger charge is 2.53. The maximum atomic E-state index is 13.8. The van der Waals surface area contributed by atoms with E-state index in [0.29, 0.717) is 23.4 Å².